The standard InChI is InChI=1S/C14H19N3O3/c1-9(18)13-15-14(10(2)19)17(16-13)8-11-4-6-12(20-3)7-5-11/h4-7,9-10,18-19H,8H2,1-3H3/t9-,10-/m0/s1. The van der Waals surface area contributed by atoms with E-state index >= 15 is 0 Å². The number of aromatic nitrogens is 3. The van der Waals surface area contributed by atoms with Crippen molar-refractivity contribution in [2.45, 2.75) is 32.6 Å². The van der Waals surface area contributed by atoms with Crippen LogP contribution in [0.2, 0.25) is 0 Å². The van der Waals surface area contributed by atoms with Crippen molar-refractivity contribution in [3.8, 4) is 5.75 Å². The van der Waals surface area contributed by atoms with Crippen molar-refractivity contribution in [3.05, 3.63) is 41.5 Å². The summed E-state index contributed by atoms with van der Waals surface area (Å²) in [5.74, 6) is 1.54. The van der Waals surface area contributed by atoms with Crippen molar-refractivity contribution >= 4 is 0 Å². The van der Waals surface area contributed by atoms with Gasteiger partial charge in [-0.05, 0) is 31.5 Å². The second kappa shape index (κ2) is 6.02. The van der Waals surface area contributed by atoms with E-state index in [0.717, 1.165) is 11.3 Å². The average molecular weight is 277 g/mol. The molecule has 0 unspecified atom stereocenters. The zero-order chi connectivity index (χ0) is 14.7. The van der Waals surface area contributed by atoms with Crippen molar-refractivity contribution in [2.75, 3.05) is 7.11 Å². The van der Waals surface area contributed by atoms with E-state index in [2.05, 4.69) is 10.1 Å². The Morgan fingerprint density at radius 1 is 1.15 bits per heavy atom. The topological polar surface area (TPSA) is 80.4 Å². The van der Waals surface area contributed by atoms with Gasteiger partial charge in [-0.3, -0.25) is 0 Å². The van der Waals surface area contributed by atoms with Crippen LogP contribution in [0.25, 0.3) is 0 Å². The molecule has 0 bridgehead atoms. The maximum Gasteiger partial charge on any atom is 0.179 e. The van der Waals surface area contributed by atoms with Crippen molar-refractivity contribution < 1.29 is 14.9 Å². The van der Waals surface area contributed by atoms with Crippen LogP contribution in [0.15, 0.2) is 24.3 Å². The normalized spacial score (nSPS) is 14.1. The number of aliphatic hydroxyl groups excluding tert-OH is 2. The van der Waals surface area contributed by atoms with E-state index in [4.69, 9.17) is 4.74 Å². The third kappa shape index (κ3) is 3.15. The minimum absolute atomic E-state index is 0.314. The Morgan fingerprint density at radius 2 is 1.80 bits per heavy atom. The molecule has 0 aliphatic rings. The van der Waals surface area contributed by atoms with E-state index in [1.54, 1.807) is 25.6 Å². The smallest absolute Gasteiger partial charge is 0.179 e. The first-order valence-corrected chi connectivity index (χ1v) is 6.45. The van der Waals surface area contributed by atoms with Gasteiger partial charge in [-0.25, -0.2) is 9.67 Å². The Labute approximate surface area is 117 Å². The molecule has 2 rings (SSSR count). The maximum absolute atomic E-state index is 9.73. The molecule has 2 atom stereocenters. The number of aliphatic hydroxyl groups is 2. The Balaban J connectivity index is 2.26. The molecular weight excluding hydrogens is 258 g/mol. The van der Waals surface area contributed by atoms with Gasteiger partial charge in [0, 0.05) is 0 Å². The lowest BCUT2D eigenvalue weighted by Crippen LogP contribution is -2.09. The summed E-state index contributed by atoms with van der Waals surface area (Å²) in [6.07, 6.45) is -1.50. The van der Waals surface area contributed by atoms with Crippen LogP contribution in [0.4, 0.5) is 0 Å². The van der Waals surface area contributed by atoms with Crippen molar-refractivity contribution in [2.24, 2.45) is 0 Å². The molecule has 0 saturated heterocycles. The predicted molar refractivity (Wildman–Crippen MR) is 73.4 cm³/mol. The number of benzene rings is 1. The Bertz CT molecular complexity index is 562. The molecule has 1 aromatic carbocycles. The highest BCUT2D eigenvalue weighted by Crippen LogP contribution is 2.17. The lowest BCUT2D eigenvalue weighted by Gasteiger charge is -2.08. The molecular formula is C14H19N3O3. The Hall–Kier alpha value is -1.92. The Kier molecular flexibility index (Phi) is 4.36. The van der Waals surface area contributed by atoms with Gasteiger partial charge >= 0.3 is 0 Å². The number of ether oxygens (including phenoxy) is 1. The monoisotopic (exact) mass is 277 g/mol. The average Bonchev–Trinajstić information content (AvgIpc) is 2.84. The fourth-order valence-corrected chi connectivity index (χ4v) is 1.88. The van der Waals surface area contributed by atoms with Crippen LogP contribution in [-0.2, 0) is 6.54 Å². The van der Waals surface area contributed by atoms with Gasteiger partial charge in [0.1, 0.15) is 18.0 Å². The van der Waals surface area contributed by atoms with Gasteiger partial charge in [0.15, 0.2) is 11.6 Å². The highest BCUT2D eigenvalue weighted by Gasteiger charge is 2.17. The summed E-state index contributed by atoms with van der Waals surface area (Å²) in [6.45, 7) is 3.70. The summed E-state index contributed by atoms with van der Waals surface area (Å²) >= 11 is 0. The van der Waals surface area contributed by atoms with E-state index in [1.165, 1.54) is 0 Å². The van der Waals surface area contributed by atoms with Gasteiger partial charge in [0.2, 0.25) is 0 Å². The van der Waals surface area contributed by atoms with Crippen LogP contribution < -0.4 is 4.74 Å². The van der Waals surface area contributed by atoms with Crippen molar-refractivity contribution in [1.29, 1.82) is 0 Å². The van der Waals surface area contributed by atoms with Crippen LogP contribution in [-0.4, -0.2) is 32.1 Å². The van der Waals surface area contributed by atoms with Gasteiger partial charge < -0.3 is 14.9 Å². The third-order valence-corrected chi connectivity index (χ3v) is 2.96. The second-order valence-corrected chi connectivity index (χ2v) is 4.69. The molecule has 2 aromatic rings. The highest BCUT2D eigenvalue weighted by atomic mass is 16.5. The summed E-state index contributed by atoms with van der Waals surface area (Å²) in [5.41, 5.74) is 1.01. The van der Waals surface area contributed by atoms with Crippen LogP contribution >= 0.6 is 0 Å². The molecule has 20 heavy (non-hydrogen) atoms. The van der Waals surface area contributed by atoms with E-state index in [0.29, 0.717) is 18.2 Å². The quantitative estimate of drug-likeness (QED) is 0.864. The van der Waals surface area contributed by atoms with Crippen LogP contribution in [0.3, 0.4) is 0 Å². The summed E-state index contributed by atoms with van der Waals surface area (Å²) in [4.78, 5) is 4.17. The first-order chi connectivity index (χ1) is 9.51. The molecule has 1 heterocycles. The summed E-state index contributed by atoms with van der Waals surface area (Å²) < 4.78 is 6.71. The molecule has 0 fully saturated rings. The highest BCUT2D eigenvalue weighted by molar-refractivity contribution is 5.27. The van der Waals surface area contributed by atoms with Gasteiger partial charge in [-0.15, -0.1) is 0 Å². The zero-order valence-electron chi connectivity index (χ0n) is 11.8. The number of hydrogen-bond donors (Lipinski definition) is 2. The number of rotatable bonds is 5. The molecule has 6 nitrogen and oxygen atoms in total. The van der Waals surface area contributed by atoms with Gasteiger partial charge in [-0.2, -0.15) is 5.10 Å². The first kappa shape index (κ1) is 14.5. The molecule has 0 amide bonds. The second-order valence-electron chi connectivity index (χ2n) is 4.69. The molecule has 0 radical (unpaired) electrons. The van der Waals surface area contributed by atoms with E-state index < -0.39 is 12.2 Å². The van der Waals surface area contributed by atoms with Crippen LogP contribution in [0.5, 0.6) is 5.75 Å². The van der Waals surface area contributed by atoms with Gasteiger partial charge in [0.05, 0.1) is 13.7 Å². The molecule has 1 aromatic heterocycles. The zero-order valence-corrected chi connectivity index (χ0v) is 11.8. The number of nitrogens with zero attached hydrogens (tertiary/aromatic N) is 3. The van der Waals surface area contributed by atoms with Gasteiger partial charge in [-0.1, -0.05) is 12.1 Å². The fourth-order valence-electron chi connectivity index (χ4n) is 1.88. The number of methoxy groups -OCH3 is 1. The summed E-state index contributed by atoms with van der Waals surface area (Å²) in [6, 6.07) is 7.58. The molecule has 108 valence electrons. The van der Waals surface area contributed by atoms with Crippen LogP contribution in [0.1, 0.15) is 43.3 Å². The predicted octanol–water partition coefficient (Wildman–Crippen LogP) is 1.44. The lowest BCUT2D eigenvalue weighted by molar-refractivity contribution is 0.181. The molecule has 6 heteroatoms. The fraction of sp³-hybridized carbons (Fsp3) is 0.429. The minimum Gasteiger partial charge on any atom is -0.497 e. The van der Waals surface area contributed by atoms with E-state index in [9.17, 15) is 10.2 Å². The SMILES string of the molecule is COc1ccc(Cn2nc([C@H](C)O)nc2[C@H](C)O)cc1. The minimum atomic E-state index is -0.760. The molecule has 0 saturated carbocycles. The molecule has 2 N–H and O–H groups in total. The molecule has 0 spiro atoms. The third-order valence-electron chi connectivity index (χ3n) is 2.96. The first-order valence-electron chi connectivity index (χ1n) is 6.45. The van der Waals surface area contributed by atoms with Crippen molar-refractivity contribution in [3.63, 3.8) is 0 Å². The van der Waals surface area contributed by atoms with E-state index in [1.807, 2.05) is 24.3 Å². The number of hydrogen-bond acceptors (Lipinski definition) is 5. The Morgan fingerprint density at radius 3 is 2.30 bits per heavy atom. The largest absolute Gasteiger partial charge is 0.497 e. The maximum atomic E-state index is 9.73. The molecule has 0 aliphatic carbocycles. The molecule has 0 aliphatic heterocycles. The summed E-state index contributed by atoms with van der Waals surface area (Å²) in [7, 11) is 1.62. The lowest BCUT2D eigenvalue weighted by atomic mass is 10.2. The van der Waals surface area contributed by atoms with Gasteiger partial charge in [0.25, 0.3) is 0 Å². The van der Waals surface area contributed by atoms with Crippen molar-refractivity contribution in [1.82, 2.24) is 14.8 Å². The van der Waals surface area contributed by atoms with Crippen LogP contribution in [0, 0.1) is 0 Å². The van der Waals surface area contributed by atoms with E-state index in [-0.39, 0.29) is 0 Å². The summed E-state index contributed by atoms with van der Waals surface area (Å²) in [5, 5.41) is 23.5.